The summed E-state index contributed by atoms with van der Waals surface area (Å²) < 4.78 is 13.6. The predicted octanol–water partition coefficient (Wildman–Crippen LogP) is 5.17. The molecule has 0 saturated carbocycles. The first-order valence-corrected chi connectivity index (χ1v) is 12.6. The van der Waals surface area contributed by atoms with Crippen LogP contribution < -0.4 is 0 Å². The van der Waals surface area contributed by atoms with Crippen LogP contribution in [0.25, 0.3) is 0 Å². The number of rotatable bonds is 6. The van der Waals surface area contributed by atoms with Gasteiger partial charge in [-0.2, -0.15) is 0 Å². The maximum atomic E-state index is 13.8. The van der Waals surface area contributed by atoms with Crippen LogP contribution in [-0.2, 0) is 17.8 Å². The molecule has 0 aliphatic carbocycles. The van der Waals surface area contributed by atoms with E-state index in [1.807, 2.05) is 17.0 Å². The summed E-state index contributed by atoms with van der Waals surface area (Å²) in [5.74, 6) is -0.000988. The molecule has 3 aromatic rings. The lowest BCUT2D eigenvalue weighted by Crippen LogP contribution is -2.48. The van der Waals surface area contributed by atoms with Crippen molar-refractivity contribution in [3.63, 3.8) is 0 Å². The summed E-state index contributed by atoms with van der Waals surface area (Å²) in [4.78, 5) is 27.6. The fourth-order valence-electron chi connectivity index (χ4n) is 5.45. The molecule has 182 valence electrons. The Kier molecular flexibility index (Phi) is 6.91. The summed E-state index contributed by atoms with van der Waals surface area (Å²) in [6.45, 7) is 5.70. The molecule has 0 bridgehead atoms. The number of piperidine rings is 1. The first kappa shape index (κ1) is 23.6. The molecule has 35 heavy (non-hydrogen) atoms. The van der Waals surface area contributed by atoms with Gasteiger partial charge in [0.15, 0.2) is 0 Å². The Morgan fingerprint density at radius 3 is 2.57 bits per heavy atom. The molecule has 0 N–H and O–H groups in total. The van der Waals surface area contributed by atoms with Crippen LogP contribution in [0.4, 0.5) is 4.39 Å². The normalized spacial score (nSPS) is 20.2. The predicted molar refractivity (Wildman–Crippen MR) is 134 cm³/mol. The van der Waals surface area contributed by atoms with Gasteiger partial charge in [0.1, 0.15) is 5.82 Å². The van der Waals surface area contributed by atoms with Crippen LogP contribution in [0, 0.1) is 11.2 Å². The molecule has 1 atom stereocenters. The summed E-state index contributed by atoms with van der Waals surface area (Å²) in [7, 11) is 0. The van der Waals surface area contributed by atoms with Gasteiger partial charge < -0.3 is 4.90 Å². The van der Waals surface area contributed by atoms with Crippen molar-refractivity contribution in [3.8, 4) is 0 Å². The van der Waals surface area contributed by atoms with Gasteiger partial charge in [-0.1, -0.05) is 49.4 Å². The highest BCUT2D eigenvalue weighted by atomic mass is 19.1. The van der Waals surface area contributed by atoms with E-state index in [4.69, 9.17) is 4.98 Å². The van der Waals surface area contributed by atoms with Gasteiger partial charge in [0.25, 0.3) is 0 Å². The van der Waals surface area contributed by atoms with Crippen molar-refractivity contribution in [2.75, 3.05) is 19.6 Å². The topological polar surface area (TPSA) is 49.3 Å². The van der Waals surface area contributed by atoms with E-state index < -0.39 is 0 Å². The minimum Gasteiger partial charge on any atom is -0.334 e. The van der Waals surface area contributed by atoms with Crippen LogP contribution in [0.15, 0.2) is 67.0 Å². The van der Waals surface area contributed by atoms with Crippen LogP contribution in [-0.4, -0.2) is 45.3 Å². The Labute approximate surface area is 207 Å². The van der Waals surface area contributed by atoms with E-state index in [0.29, 0.717) is 6.42 Å². The monoisotopic (exact) mass is 472 g/mol. The van der Waals surface area contributed by atoms with Crippen LogP contribution in [0.3, 0.4) is 0 Å². The van der Waals surface area contributed by atoms with Crippen molar-refractivity contribution >= 4 is 5.91 Å². The van der Waals surface area contributed by atoms with Gasteiger partial charge in [0, 0.05) is 31.1 Å². The molecule has 1 amide bonds. The van der Waals surface area contributed by atoms with Gasteiger partial charge in [-0.3, -0.25) is 19.7 Å². The van der Waals surface area contributed by atoms with Gasteiger partial charge in [-0.05, 0) is 62.0 Å². The maximum Gasteiger partial charge on any atom is 0.229 e. The lowest BCUT2D eigenvalue weighted by Gasteiger charge is -2.41. The summed E-state index contributed by atoms with van der Waals surface area (Å²) >= 11 is 0. The Morgan fingerprint density at radius 2 is 1.80 bits per heavy atom. The zero-order valence-corrected chi connectivity index (χ0v) is 20.4. The molecular formula is C29H33FN4O. The van der Waals surface area contributed by atoms with Crippen molar-refractivity contribution < 1.29 is 9.18 Å². The average molecular weight is 473 g/mol. The Balaban J connectivity index is 1.25. The molecule has 2 fully saturated rings. The number of halogens is 1. The molecule has 2 saturated heterocycles. The number of hydrogen-bond acceptors (Lipinski definition) is 4. The van der Waals surface area contributed by atoms with Crippen LogP contribution in [0.2, 0.25) is 0 Å². The summed E-state index contributed by atoms with van der Waals surface area (Å²) in [6.07, 6.45) is 7.66. The number of benzene rings is 2. The van der Waals surface area contributed by atoms with E-state index in [-0.39, 0.29) is 23.2 Å². The van der Waals surface area contributed by atoms with Crippen LogP contribution in [0.1, 0.15) is 61.2 Å². The molecule has 6 heteroatoms. The minimum absolute atomic E-state index is 0.0402. The quantitative estimate of drug-likeness (QED) is 0.497. The molecule has 2 aliphatic heterocycles. The highest BCUT2D eigenvalue weighted by Crippen LogP contribution is 2.39. The van der Waals surface area contributed by atoms with Crippen molar-refractivity contribution in [1.29, 1.82) is 0 Å². The maximum absolute atomic E-state index is 13.8. The van der Waals surface area contributed by atoms with E-state index in [0.717, 1.165) is 68.8 Å². The molecule has 0 unspecified atom stereocenters. The zero-order chi connectivity index (χ0) is 24.3. The third kappa shape index (κ3) is 5.43. The Bertz CT molecular complexity index is 1160. The number of aromatic nitrogens is 2. The van der Waals surface area contributed by atoms with Gasteiger partial charge in [-0.15, -0.1) is 0 Å². The van der Waals surface area contributed by atoms with Crippen molar-refractivity contribution in [2.24, 2.45) is 5.41 Å². The van der Waals surface area contributed by atoms with Crippen LogP contribution in [0.5, 0.6) is 0 Å². The summed E-state index contributed by atoms with van der Waals surface area (Å²) in [6, 6.07) is 17.1. The van der Waals surface area contributed by atoms with Gasteiger partial charge >= 0.3 is 0 Å². The van der Waals surface area contributed by atoms with E-state index in [2.05, 4.69) is 41.1 Å². The standard InChI is InChI=1S/C29H33FN4O/c1-29(12-15-33(16-13-29)21-22-7-3-2-4-8-22)28(35)34-14-6-11-27(34)26-20-31-19-25(32-26)18-23-9-5-10-24(30)17-23/h2-5,7-10,17,19-20,27H,6,11-16,18,21H2,1H3/t27-/m0/s1. The second kappa shape index (κ2) is 10.2. The van der Waals surface area contributed by atoms with Gasteiger partial charge in [0.2, 0.25) is 5.91 Å². The second-order valence-corrected chi connectivity index (χ2v) is 10.2. The molecule has 5 nitrogen and oxygen atoms in total. The van der Waals surface area contributed by atoms with E-state index in [1.54, 1.807) is 18.5 Å². The first-order valence-electron chi connectivity index (χ1n) is 12.6. The number of hydrogen-bond donors (Lipinski definition) is 0. The van der Waals surface area contributed by atoms with Gasteiger partial charge in [0.05, 0.1) is 23.6 Å². The molecule has 2 aliphatic rings. The number of carbonyl (C=O) groups excluding carboxylic acids is 1. The van der Waals surface area contributed by atoms with E-state index in [9.17, 15) is 9.18 Å². The Hall–Kier alpha value is -3.12. The third-order valence-electron chi connectivity index (χ3n) is 7.56. The lowest BCUT2D eigenvalue weighted by molar-refractivity contribution is -0.145. The number of nitrogens with zero attached hydrogens (tertiary/aromatic N) is 4. The fraction of sp³-hybridized carbons (Fsp3) is 0.414. The molecule has 0 spiro atoms. The van der Waals surface area contributed by atoms with E-state index in [1.165, 1.54) is 17.7 Å². The van der Waals surface area contributed by atoms with Crippen molar-refractivity contribution in [2.45, 2.75) is 51.6 Å². The minimum atomic E-state index is -0.345. The smallest absolute Gasteiger partial charge is 0.229 e. The SMILES string of the molecule is CC1(C(=O)N2CCC[C@H]2c2cncc(Cc3cccc(F)c3)n2)CCN(Cc2ccccc2)CC1. The first-order chi connectivity index (χ1) is 17.0. The zero-order valence-electron chi connectivity index (χ0n) is 20.4. The van der Waals surface area contributed by atoms with Crippen molar-refractivity contribution in [3.05, 3.63) is 95.3 Å². The highest BCUT2D eigenvalue weighted by molar-refractivity contribution is 5.83. The highest BCUT2D eigenvalue weighted by Gasteiger charge is 2.43. The third-order valence-corrected chi connectivity index (χ3v) is 7.56. The molecular weight excluding hydrogens is 439 g/mol. The molecule has 2 aromatic carbocycles. The molecule has 0 radical (unpaired) electrons. The molecule has 1 aromatic heterocycles. The van der Waals surface area contributed by atoms with Crippen molar-refractivity contribution in [1.82, 2.24) is 19.8 Å². The lowest BCUT2D eigenvalue weighted by atomic mass is 9.78. The average Bonchev–Trinajstić information content (AvgIpc) is 3.36. The van der Waals surface area contributed by atoms with Crippen LogP contribution >= 0.6 is 0 Å². The summed E-state index contributed by atoms with van der Waals surface area (Å²) in [5.41, 5.74) is 3.48. The largest absolute Gasteiger partial charge is 0.334 e. The second-order valence-electron chi connectivity index (χ2n) is 10.2. The van der Waals surface area contributed by atoms with Gasteiger partial charge in [-0.25, -0.2) is 4.39 Å². The fourth-order valence-corrected chi connectivity index (χ4v) is 5.45. The number of amides is 1. The number of likely N-dealkylation sites (tertiary alicyclic amines) is 2. The number of carbonyl (C=O) groups is 1. The Morgan fingerprint density at radius 1 is 1.03 bits per heavy atom. The molecule has 5 rings (SSSR count). The van der Waals surface area contributed by atoms with E-state index >= 15 is 0 Å². The molecule has 3 heterocycles. The summed E-state index contributed by atoms with van der Waals surface area (Å²) in [5, 5.41) is 0.